The summed E-state index contributed by atoms with van der Waals surface area (Å²) < 4.78 is 5.47. The number of hydrogen-bond acceptors (Lipinski definition) is 3. The highest BCUT2D eigenvalue weighted by molar-refractivity contribution is 6.31. The first kappa shape index (κ1) is 14.5. The van der Waals surface area contributed by atoms with Crippen LogP contribution in [0.4, 0.5) is 0 Å². The van der Waals surface area contributed by atoms with Gasteiger partial charge in [-0.05, 0) is 25.1 Å². The molecule has 3 rings (SSSR count). The van der Waals surface area contributed by atoms with Crippen molar-refractivity contribution < 1.29 is 9.53 Å². The van der Waals surface area contributed by atoms with Crippen LogP contribution in [0.5, 0.6) is 0 Å². The summed E-state index contributed by atoms with van der Waals surface area (Å²) in [5.74, 6) is -0.460. The quantitative estimate of drug-likeness (QED) is 0.652. The summed E-state index contributed by atoms with van der Waals surface area (Å²) in [5.41, 5.74) is 1.83. The maximum atomic E-state index is 12.3. The van der Waals surface area contributed by atoms with Crippen molar-refractivity contribution in [1.82, 2.24) is 4.98 Å². The normalized spacial score (nSPS) is 12.1. The molecule has 0 aliphatic carbocycles. The Morgan fingerprint density at radius 1 is 1.05 bits per heavy atom. The van der Waals surface area contributed by atoms with Crippen LogP contribution in [0.2, 0.25) is 5.02 Å². The van der Waals surface area contributed by atoms with Crippen LogP contribution in [0.1, 0.15) is 29.1 Å². The lowest BCUT2D eigenvalue weighted by molar-refractivity contribution is 0.0331. The first-order valence-corrected chi connectivity index (χ1v) is 7.34. The highest BCUT2D eigenvalue weighted by atomic mass is 35.5. The van der Waals surface area contributed by atoms with Crippen LogP contribution >= 0.6 is 11.6 Å². The van der Waals surface area contributed by atoms with E-state index in [1.165, 1.54) is 0 Å². The van der Waals surface area contributed by atoms with Gasteiger partial charge in [0, 0.05) is 16.0 Å². The summed E-state index contributed by atoms with van der Waals surface area (Å²) in [6, 6.07) is 18.5. The second-order valence-corrected chi connectivity index (χ2v) is 5.37. The zero-order valence-electron chi connectivity index (χ0n) is 12.0. The first-order chi connectivity index (χ1) is 10.6. The van der Waals surface area contributed by atoms with E-state index in [2.05, 4.69) is 4.98 Å². The standard InChI is InChI=1S/C18H14ClNO2/c1-12(14-7-3-4-8-15(14)19)22-18(21)17-11-10-13-6-2-5-9-16(13)20-17/h2-12H,1H3/t12-/m1/s1. The minimum absolute atomic E-state index is 0.289. The number of pyridine rings is 1. The summed E-state index contributed by atoms with van der Waals surface area (Å²) in [6.45, 7) is 1.79. The summed E-state index contributed by atoms with van der Waals surface area (Å²) >= 11 is 6.12. The molecule has 0 N–H and O–H groups in total. The molecular formula is C18H14ClNO2. The van der Waals surface area contributed by atoms with Crippen molar-refractivity contribution in [2.45, 2.75) is 13.0 Å². The maximum Gasteiger partial charge on any atom is 0.357 e. The Hall–Kier alpha value is -2.39. The molecule has 1 atom stereocenters. The second kappa shape index (κ2) is 6.16. The van der Waals surface area contributed by atoms with Crippen LogP contribution in [0.3, 0.4) is 0 Å². The third kappa shape index (κ3) is 2.95. The van der Waals surface area contributed by atoms with Crippen LogP contribution in [0, 0.1) is 0 Å². The van der Waals surface area contributed by atoms with Crippen LogP contribution in [0.25, 0.3) is 10.9 Å². The van der Waals surface area contributed by atoms with Crippen LogP contribution in [0.15, 0.2) is 60.7 Å². The van der Waals surface area contributed by atoms with Gasteiger partial charge in [0.25, 0.3) is 0 Å². The van der Waals surface area contributed by atoms with Crippen molar-refractivity contribution in [3.05, 3.63) is 76.9 Å². The van der Waals surface area contributed by atoms with Gasteiger partial charge in [0.15, 0.2) is 0 Å². The minimum Gasteiger partial charge on any atom is -0.453 e. The van der Waals surface area contributed by atoms with Gasteiger partial charge in [0.2, 0.25) is 0 Å². The number of benzene rings is 2. The van der Waals surface area contributed by atoms with Gasteiger partial charge in [-0.25, -0.2) is 9.78 Å². The lowest BCUT2D eigenvalue weighted by Crippen LogP contribution is -2.11. The van der Waals surface area contributed by atoms with Gasteiger partial charge in [-0.15, -0.1) is 0 Å². The molecule has 1 heterocycles. The molecule has 22 heavy (non-hydrogen) atoms. The van der Waals surface area contributed by atoms with Crippen molar-refractivity contribution in [2.24, 2.45) is 0 Å². The van der Waals surface area contributed by atoms with Crippen molar-refractivity contribution in [2.75, 3.05) is 0 Å². The van der Waals surface area contributed by atoms with E-state index < -0.39 is 12.1 Å². The Labute approximate surface area is 133 Å². The largest absolute Gasteiger partial charge is 0.453 e. The SMILES string of the molecule is C[C@@H](OC(=O)c1ccc2ccccc2n1)c1ccccc1Cl. The summed E-state index contributed by atoms with van der Waals surface area (Å²) in [5, 5.41) is 1.56. The number of hydrogen-bond donors (Lipinski definition) is 0. The average molecular weight is 312 g/mol. The van der Waals surface area contributed by atoms with Crippen molar-refractivity contribution in [3.8, 4) is 0 Å². The molecule has 0 aliphatic heterocycles. The summed E-state index contributed by atoms with van der Waals surface area (Å²) in [7, 11) is 0. The molecule has 0 bridgehead atoms. The summed E-state index contributed by atoms with van der Waals surface area (Å²) in [4.78, 5) is 16.6. The Balaban J connectivity index is 1.82. The molecule has 0 fully saturated rings. The summed E-state index contributed by atoms with van der Waals surface area (Å²) in [6.07, 6.45) is -0.436. The smallest absolute Gasteiger partial charge is 0.357 e. The van der Waals surface area contributed by atoms with Crippen molar-refractivity contribution in [1.29, 1.82) is 0 Å². The van der Waals surface area contributed by atoms with Gasteiger partial charge in [0.1, 0.15) is 11.8 Å². The third-order valence-electron chi connectivity index (χ3n) is 3.43. The number of carbonyl (C=O) groups is 1. The first-order valence-electron chi connectivity index (χ1n) is 6.96. The fourth-order valence-electron chi connectivity index (χ4n) is 2.27. The minimum atomic E-state index is -0.460. The van der Waals surface area contributed by atoms with E-state index in [4.69, 9.17) is 16.3 Å². The number of halogens is 1. The Morgan fingerprint density at radius 3 is 2.59 bits per heavy atom. The maximum absolute atomic E-state index is 12.3. The average Bonchev–Trinajstić information content (AvgIpc) is 2.54. The van der Waals surface area contributed by atoms with Gasteiger partial charge in [-0.1, -0.05) is 54.1 Å². The van der Waals surface area contributed by atoms with Crippen molar-refractivity contribution in [3.63, 3.8) is 0 Å². The van der Waals surface area contributed by atoms with Crippen LogP contribution in [-0.4, -0.2) is 11.0 Å². The van der Waals surface area contributed by atoms with E-state index in [0.29, 0.717) is 5.02 Å². The molecule has 0 saturated carbocycles. The second-order valence-electron chi connectivity index (χ2n) is 4.96. The highest BCUT2D eigenvalue weighted by Gasteiger charge is 2.17. The van der Waals surface area contributed by atoms with E-state index in [-0.39, 0.29) is 5.69 Å². The molecule has 0 saturated heterocycles. The van der Waals surface area contributed by atoms with Crippen LogP contribution in [-0.2, 0) is 4.74 Å². The van der Waals surface area contributed by atoms with Gasteiger partial charge in [-0.3, -0.25) is 0 Å². The lowest BCUT2D eigenvalue weighted by atomic mass is 10.1. The number of carbonyl (C=O) groups excluding carboxylic acids is 1. The molecule has 1 aromatic heterocycles. The molecule has 3 nitrogen and oxygen atoms in total. The third-order valence-corrected chi connectivity index (χ3v) is 3.78. The predicted octanol–water partition coefficient (Wildman–Crippen LogP) is 4.81. The Bertz CT molecular complexity index is 832. The molecule has 3 aromatic rings. The van der Waals surface area contributed by atoms with E-state index in [1.54, 1.807) is 19.1 Å². The number of para-hydroxylation sites is 1. The molecular weight excluding hydrogens is 298 g/mol. The molecule has 0 unspecified atom stereocenters. The number of ether oxygens (including phenoxy) is 1. The van der Waals surface area contributed by atoms with Crippen LogP contribution < -0.4 is 0 Å². The fourth-order valence-corrected chi connectivity index (χ4v) is 2.56. The number of aromatic nitrogens is 1. The molecule has 4 heteroatoms. The molecule has 110 valence electrons. The molecule has 2 aromatic carbocycles. The van der Waals surface area contributed by atoms with Crippen molar-refractivity contribution >= 4 is 28.5 Å². The van der Waals surface area contributed by atoms with Gasteiger partial charge < -0.3 is 4.74 Å². The van der Waals surface area contributed by atoms with E-state index in [9.17, 15) is 4.79 Å². The lowest BCUT2D eigenvalue weighted by Gasteiger charge is -2.14. The number of nitrogens with zero attached hydrogens (tertiary/aromatic N) is 1. The molecule has 0 aliphatic rings. The number of fused-ring (bicyclic) bond motifs is 1. The number of rotatable bonds is 3. The van der Waals surface area contributed by atoms with Gasteiger partial charge >= 0.3 is 5.97 Å². The Morgan fingerprint density at radius 2 is 1.77 bits per heavy atom. The Kier molecular flexibility index (Phi) is 4.07. The fraction of sp³-hybridized carbons (Fsp3) is 0.111. The van der Waals surface area contributed by atoms with E-state index in [1.807, 2.05) is 48.5 Å². The zero-order valence-corrected chi connectivity index (χ0v) is 12.7. The van der Waals surface area contributed by atoms with Gasteiger partial charge in [0.05, 0.1) is 5.52 Å². The monoisotopic (exact) mass is 311 g/mol. The molecule has 0 spiro atoms. The highest BCUT2D eigenvalue weighted by Crippen LogP contribution is 2.25. The number of esters is 1. The predicted molar refractivity (Wildman–Crippen MR) is 87.0 cm³/mol. The molecule has 0 radical (unpaired) electrons. The topological polar surface area (TPSA) is 39.2 Å². The van der Waals surface area contributed by atoms with Gasteiger partial charge in [-0.2, -0.15) is 0 Å². The zero-order chi connectivity index (χ0) is 15.5. The molecule has 0 amide bonds. The van der Waals surface area contributed by atoms with E-state index >= 15 is 0 Å². The van der Waals surface area contributed by atoms with E-state index in [0.717, 1.165) is 16.5 Å².